The van der Waals surface area contributed by atoms with E-state index in [4.69, 9.17) is 0 Å². The van der Waals surface area contributed by atoms with Crippen molar-refractivity contribution in [3.63, 3.8) is 0 Å². The molecular weight excluding hydrogens is 282 g/mol. The van der Waals surface area contributed by atoms with Gasteiger partial charge in [-0.25, -0.2) is 9.67 Å². The molecule has 3 rings (SSSR count). The van der Waals surface area contributed by atoms with Crippen LogP contribution in [-0.4, -0.2) is 25.9 Å². The number of anilines is 1. The zero-order valence-electron chi connectivity index (χ0n) is 9.68. The molecule has 3 aromatic rings. The topological polar surface area (TPSA) is 72.7 Å². The van der Waals surface area contributed by atoms with E-state index < -0.39 is 0 Å². The predicted molar refractivity (Wildman–Crippen MR) is 74.1 cm³/mol. The summed E-state index contributed by atoms with van der Waals surface area (Å²) < 4.78 is 1.51. The van der Waals surface area contributed by atoms with Gasteiger partial charge in [-0.05, 0) is 11.4 Å². The highest BCUT2D eigenvalue weighted by Crippen LogP contribution is 2.21. The first kappa shape index (κ1) is 12.0. The minimum Gasteiger partial charge on any atom is -0.300 e. The van der Waals surface area contributed by atoms with E-state index in [1.165, 1.54) is 16.0 Å². The highest BCUT2D eigenvalue weighted by Gasteiger charge is 2.09. The van der Waals surface area contributed by atoms with Crippen molar-refractivity contribution in [2.24, 2.45) is 0 Å². The zero-order valence-corrected chi connectivity index (χ0v) is 11.3. The Labute approximate surface area is 116 Å². The first-order valence-corrected chi connectivity index (χ1v) is 7.20. The van der Waals surface area contributed by atoms with Crippen molar-refractivity contribution in [3.05, 3.63) is 35.3 Å². The number of carbonyl (C=O) groups excluding carboxylic acids is 1. The van der Waals surface area contributed by atoms with Gasteiger partial charge in [0.25, 0.3) is 0 Å². The number of amides is 1. The Morgan fingerprint density at radius 1 is 1.37 bits per heavy atom. The maximum atomic E-state index is 11.7. The van der Waals surface area contributed by atoms with E-state index in [0.717, 1.165) is 10.6 Å². The minimum absolute atomic E-state index is 0.123. The predicted octanol–water partition coefficient (Wildman–Crippen LogP) is 2.10. The number of hydrogen-bond donors (Lipinski definition) is 1. The molecular formula is C11H9N5OS2. The van der Waals surface area contributed by atoms with Gasteiger partial charge in [-0.15, -0.1) is 27.8 Å². The normalized spacial score (nSPS) is 10.5. The summed E-state index contributed by atoms with van der Waals surface area (Å²) in [6.07, 6.45) is 3.40. The SMILES string of the molecule is O=C(Cn1cc(-c2cccs2)nn1)Nc1nccs1. The number of thiazole rings is 1. The lowest BCUT2D eigenvalue weighted by molar-refractivity contribution is -0.116. The van der Waals surface area contributed by atoms with Crippen LogP contribution in [-0.2, 0) is 11.3 Å². The Balaban J connectivity index is 1.65. The molecule has 0 bridgehead atoms. The molecule has 1 N–H and O–H groups in total. The highest BCUT2D eigenvalue weighted by molar-refractivity contribution is 7.14. The molecule has 19 heavy (non-hydrogen) atoms. The second kappa shape index (κ2) is 5.29. The summed E-state index contributed by atoms with van der Waals surface area (Å²) in [6.45, 7) is 0.123. The van der Waals surface area contributed by atoms with E-state index in [0.29, 0.717) is 5.13 Å². The fourth-order valence-electron chi connectivity index (χ4n) is 1.50. The van der Waals surface area contributed by atoms with Crippen LogP contribution in [0.4, 0.5) is 5.13 Å². The van der Waals surface area contributed by atoms with Gasteiger partial charge in [0.2, 0.25) is 5.91 Å². The maximum Gasteiger partial charge on any atom is 0.247 e. The van der Waals surface area contributed by atoms with Crippen LogP contribution in [0.2, 0.25) is 0 Å². The van der Waals surface area contributed by atoms with E-state index in [1.807, 2.05) is 17.5 Å². The molecule has 1 amide bonds. The van der Waals surface area contributed by atoms with E-state index in [-0.39, 0.29) is 12.5 Å². The van der Waals surface area contributed by atoms with Crippen LogP contribution in [0.3, 0.4) is 0 Å². The molecule has 0 atom stereocenters. The molecule has 3 heterocycles. The minimum atomic E-state index is -0.169. The number of carbonyl (C=O) groups is 1. The van der Waals surface area contributed by atoms with Crippen LogP contribution >= 0.6 is 22.7 Å². The van der Waals surface area contributed by atoms with E-state index in [9.17, 15) is 4.79 Å². The average Bonchev–Trinajstić information content (AvgIpc) is 3.09. The molecule has 0 aliphatic heterocycles. The van der Waals surface area contributed by atoms with Crippen LogP contribution < -0.4 is 5.32 Å². The van der Waals surface area contributed by atoms with Crippen LogP contribution in [0.1, 0.15) is 0 Å². The molecule has 8 heteroatoms. The highest BCUT2D eigenvalue weighted by atomic mass is 32.1. The van der Waals surface area contributed by atoms with Gasteiger partial charge in [0.05, 0.1) is 11.1 Å². The summed E-state index contributed by atoms with van der Waals surface area (Å²) >= 11 is 2.97. The van der Waals surface area contributed by atoms with E-state index in [2.05, 4.69) is 20.6 Å². The van der Waals surface area contributed by atoms with Gasteiger partial charge >= 0.3 is 0 Å². The first-order valence-electron chi connectivity index (χ1n) is 5.44. The van der Waals surface area contributed by atoms with Crippen molar-refractivity contribution in [2.75, 3.05) is 5.32 Å². The molecule has 0 aromatic carbocycles. The lowest BCUT2D eigenvalue weighted by Gasteiger charge is -2.00. The third-order valence-electron chi connectivity index (χ3n) is 2.30. The van der Waals surface area contributed by atoms with Crippen molar-refractivity contribution < 1.29 is 4.79 Å². The molecule has 0 saturated heterocycles. The summed E-state index contributed by atoms with van der Waals surface area (Å²) in [5, 5.41) is 15.0. The fraction of sp³-hybridized carbons (Fsp3) is 0.0909. The van der Waals surface area contributed by atoms with Crippen molar-refractivity contribution in [1.82, 2.24) is 20.0 Å². The molecule has 0 fully saturated rings. The van der Waals surface area contributed by atoms with Gasteiger partial charge in [0, 0.05) is 11.6 Å². The monoisotopic (exact) mass is 291 g/mol. The Morgan fingerprint density at radius 3 is 3.05 bits per heavy atom. The van der Waals surface area contributed by atoms with Crippen molar-refractivity contribution in [2.45, 2.75) is 6.54 Å². The molecule has 6 nitrogen and oxygen atoms in total. The second-order valence-electron chi connectivity index (χ2n) is 3.66. The molecule has 0 aliphatic rings. The Kier molecular flexibility index (Phi) is 3.34. The largest absolute Gasteiger partial charge is 0.300 e. The van der Waals surface area contributed by atoms with Gasteiger partial charge in [0.1, 0.15) is 12.2 Å². The second-order valence-corrected chi connectivity index (χ2v) is 5.51. The zero-order chi connectivity index (χ0) is 13.1. The van der Waals surface area contributed by atoms with Crippen molar-refractivity contribution >= 4 is 33.7 Å². The number of hydrogen-bond acceptors (Lipinski definition) is 6. The lowest BCUT2D eigenvalue weighted by atomic mass is 10.4. The van der Waals surface area contributed by atoms with Crippen LogP contribution in [0.15, 0.2) is 35.3 Å². The molecule has 0 aliphatic carbocycles. The lowest BCUT2D eigenvalue weighted by Crippen LogP contribution is -2.18. The third-order valence-corrected chi connectivity index (χ3v) is 3.88. The van der Waals surface area contributed by atoms with Gasteiger partial charge < -0.3 is 5.32 Å². The van der Waals surface area contributed by atoms with Crippen LogP contribution in [0, 0.1) is 0 Å². The number of nitrogens with zero attached hydrogens (tertiary/aromatic N) is 4. The Hall–Kier alpha value is -2.06. The van der Waals surface area contributed by atoms with Gasteiger partial charge in [-0.2, -0.15) is 0 Å². The fourth-order valence-corrected chi connectivity index (χ4v) is 2.72. The standard InChI is InChI=1S/C11H9N5OS2/c17-10(13-11-12-3-5-19-11)7-16-6-8(14-15-16)9-2-1-4-18-9/h1-6H,7H2,(H,12,13,17). The van der Waals surface area contributed by atoms with Crippen molar-refractivity contribution in [3.8, 4) is 10.6 Å². The number of thiophene rings is 1. The van der Waals surface area contributed by atoms with E-state index >= 15 is 0 Å². The Bertz CT molecular complexity index is 659. The van der Waals surface area contributed by atoms with Gasteiger partial charge in [0.15, 0.2) is 5.13 Å². The quantitative estimate of drug-likeness (QED) is 0.799. The van der Waals surface area contributed by atoms with E-state index in [1.54, 1.807) is 29.1 Å². The van der Waals surface area contributed by atoms with Crippen LogP contribution in [0.25, 0.3) is 10.6 Å². The van der Waals surface area contributed by atoms with Gasteiger partial charge in [-0.1, -0.05) is 11.3 Å². The molecule has 0 unspecified atom stereocenters. The number of aromatic nitrogens is 4. The summed E-state index contributed by atoms with van der Waals surface area (Å²) in [7, 11) is 0. The first-order chi connectivity index (χ1) is 9.31. The molecule has 3 aromatic heterocycles. The summed E-state index contributed by atoms with van der Waals surface area (Å²) in [5.41, 5.74) is 0.775. The van der Waals surface area contributed by atoms with Crippen molar-refractivity contribution in [1.29, 1.82) is 0 Å². The molecule has 0 spiro atoms. The third kappa shape index (κ3) is 2.85. The maximum absolute atomic E-state index is 11.7. The molecule has 96 valence electrons. The van der Waals surface area contributed by atoms with Crippen LogP contribution in [0.5, 0.6) is 0 Å². The average molecular weight is 291 g/mol. The summed E-state index contributed by atoms with van der Waals surface area (Å²) in [5.74, 6) is -0.169. The summed E-state index contributed by atoms with van der Waals surface area (Å²) in [4.78, 5) is 16.8. The Morgan fingerprint density at radius 2 is 2.32 bits per heavy atom. The number of nitrogens with one attached hydrogen (secondary N) is 1. The summed E-state index contributed by atoms with van der Waals surface area (Å²) in [6, 6.07) is 3.92. The van der Waals surface area contributed by atoms with Gasteiger partial charge in [-0.3, -0.25) is 4.79 Å². The molecule has 0 saturated carbocycles. The number of rotatable bonds is 4. The molecule has 0 radical (unpaired) electrons. The smallest absolute Gasteiger partial charge is 0.247 e.